The summed E-state index contributed by atoms with van der Waals surface area (Å²) in [7, 11) is 0. The van der Waals surface area contributed by atoms with Gasteiger partial charge in [-0.2, -0.15) is 0 Å². The van der Waals surface area contributed by atoms with Crippen LogP contribution in [0.5, 0.6) is 0 Å². The first-order chi connectivity index (χ1) is 7.74. The molecule has 5 heteroatoms. The molecule has 16 heavy (non-hydrogen) atoms. The van der Waals surface area contributed by atoms with Crippen molar-refractivity contribution in [1.29, 1.82) is 0 Å². The molecule has 1 amide bonds. The summed E-state index contributed by atoms with van der Waals surface area (Å²) in [6, 6.07) is 6.79. The molecule has 0 unspecified atom stereocenters. The van der Waals surface area contributed by atoms with Crippen molar-refractivity contribution in [3.8, 4) is 0 Å². The Morgan fingerprint density at radius 3 is 3.00 bits per heavy atom. The lowest BCUT2D eigenvalue weighted by Crippen LogP contribution is -2.41. The molecule has 1 heterocycles. The minimum atomic E-state index is -0.595. The lowest BCUT2D eigenvalue weighted by atomic mass is 10.2. The van der Waals surface area contributed by atoms with E-state index in [9.17, 15) is 9.59 Å². The number of para-hydroxylation sites is 1. The van der Waals surface area contributed by atoms with Gasteiger partial charge in [-0.1, -0.05) is 12.1 Å². The Labute approximate surface area is 97.1 Å². The zero-order valence-corrected chi connectivity index (χ0v) is 9.24. The van der Waals surface area contributed by atoms with Gasteiger partial charge in [0.2, 0.25) is 5.91 Å². The van der Waals surface area contributed by atoms with E-state index < -0.39 is 6.04 Å². The number of nitrogens with two attached hydrogens (primary N) is 1. The molecule has 4 nitrogen and oxygen atoms in total. The Morgan fingerprint density at radius 2 is 2.25 bits per heavy atom. The number of fused-ring (bicyclic) bond motifs is 1. The minimum Gasteiger partial charge on any atom is -0.319 e. The van der Waals surface area contributed by atoms with E-state index in [0.717, 1.165) is 11.1 Å². The average Bonchev–Trinajstić information content (AvgIpc) is 2.42. The first-order valence-electron chi connectivity index (χ1n) is 4.75. The van der Waals surface area contributed by atoms with Crippen molar-refractivity contribution in [2.75, 3.05) is 10.7 Å². The maximum Gasteiger partial charge on any atom is 0.249 e. The Kier molecular flexibility index (Phi) is 3.10. The van der Waals surface area contributed by atoms with Crippen LogP contribution in [0.2, 0.25) is 0 Å². The van der Waals surface area contributed by atoms with E-state index >= 15 is 0 Å². The lowest BCUT2D eigenvalue weighted by molar-refractivity contribution is -0.118. The summed E-state index contributed by atoms with van der Waals surface area (Å²) in [6.07, 6.45) is 1.09. The van der Waals surface area contributed by atoms with Crippen LogP contribution in [0.4, 0.5) is 5.69 Å². The SMILES string of the molecule is N[C@@H]1CSc2ccccc2N(C=C=O)C1=O. The number of anilines is 1. The van der Waals surface area contributed by atoms with Crippen LogP contribution in [-0.4, -0.2) is 23.6 Å². The summed E-state index contributed by atoms with van der Waals surface area (Å²) in [5, 5.41) is 0. The van der Waals surface area contributed by atoms with Crippen molar-refractivity contribution in [2.24, 2.45) is 5.73 Å². The molecule has 0 fully saturated rings. The van der Waals surface area contributed by atoms with Gasteiger partial charge in [0.15, 0.2) is 0 Å². The highest BCUT2D eigenvalue weighted by molar-refractivity contribution is 7.99. The number of benzene rings is 1. The molecule has 2 rings (SSSR count). The van der Waals surface area contributed by atoms with Gasteiger partial charge < -0.3 is 5.73 Å². The molecule has 2 N–H and O–H groups in total. The van der Waals surface area contributed by atoms with Crippen LogP contribution in [0.25, 0.3) is 0 Å². The third kappa shape index (κ3) is 1.88. The molecule has 0 aliphatic carbocycles. The van der Waals surface area contributed by atoms with E-state index in [-0.39, 0.29) is 5.91 Å². The van der Waals surface area contributed by atoms with Crippen molar-refractivity contribution < 1.29 is 9.59 Å². The zero-order chi connectivity index (χ0) is 11.5. The van der Waals surface area contributed by atoms with E-state index in [0.29, 0.717) is 11.4 Å². The predicted octanol–water partition coefficient (Wildman–Crippen LogP) is 0.798. The second-order valence-corrected chi connectivity index (χ2v) is 4.40. The largest absolute Gasteiger partial charge is 0.319 e. The Morgan fingerprint density at radius 1 is 1.50 bits per heavy atom. The second kappa shape index (κ2) is 4.53. The number of amides is 1. The highest BCUT2D eigenvalue weighted by Gasteiger charge is 2.26. The summed E-state index contributed by atoms with van der Waals surface area (Å²) in [6.45, 7) is 0. The Balaban J connectivity index is 2.53. The van der Waals surface area contributed by atoms with Crippen LogP contribution < -0.4 is 10.6 Å². The lowest BCUT2D eigenvalue weighted by Gasteiger charge is -2.18. The van der Waals surface area contributed by atoms with Crippen molar-refractivity contribution >= 4 is 29.3 Å². The van der Waals surface area contributed by atoms with Gasteiger partial charge >= 0.3 is 0 Å². The summed E-state index contributed by atoms with van der Waals surface area (Å²) in [5.74, 6) is 1.86. The summed E-state index contributed by atoms with van der Waals surface area (Å²) < 4.78 is 0. The molecule has 0 aromatic heterocycles. The molecule has 82 valence electrons. The van der Waals surface area contributed by atoms with E-state index in [4.69, 9.17) is 5.73 Å². The van der Waals surface area contributed by atoms with Crippen molar-refractivity contribution in [2.45, 2.75) is 10.9 Å². The molecule has 1 aliphatic heterocycles. The fourth-order valence-corrected chi connectivity index (χ4v) is 2.50. The molecule has 1 aromatic rings. The zero-order valence-electron chi connectivity index (χ0n) is 8.42. The maximum atomic E-state index is 11.9. The molecule has 1 atom stereocenters. The van der Waals surface area contributed by atoms with Gasteiger partial charge in [-0.05, 0) is 12.1 Å². The number of thioether (sulfide) groups is 1. The number of carbonyl (C=O) groups excluding carboxylic acids is 2. The minimum absolute atomic E-state index is 0.277. The number of carbonyl (C=O) groups is 1. The molecular formula is C11H10N2O2S. The summed E-state index contributed by atoms with van der Waals surface area (Å²) >= 11 is 1.51. The fourth-order valence-electron chi connectivity index (χ4n) is 1.51. The number of hydrogen-bond donors (Lipinski definition) is 1. The molecule has 0 radical (unpaired) electrons. The topological polar surface area (TPSA) is 63.4 Å². The van der Waals surface area contributed by atoms with Crippen LogP contribution in [0.3, 0.4) is 0 Å². The van der Waals surface area contributed by atoms with Crippen LogP contribution in [0.15, 0.2) is 35.4 Å². The van der Waals surface area contributed by atoms with Crippen molar-refractivity contribution in [3.05, 3.63) is 30.5 Å². The summed E-state index contributed by atoms with van der Waals surface area (Å²) in [5.41, 5.74) is 6.41. The number of rotatable bonds is 1. The molecule has 1 aromatic carbocycles. The highest BCUT2D eigenvalue weighted by Crippen LogP contribution is 2.33. The van der Waals surface area contributed by atoms with Crippen LogP contribution in [0.1, 0.15) is 0 Å². The molecule has 1 aliphatic rings. The Hall–Kier alpha value is -1.55. The molecule has 0 saturated heterocycles. The molecule has 0 bridgehead atoms. The number of nitrogens with zero attached hydrogens (tertiary/aromatic N) is 1. The molecule has 0 spiro atoms. The summed E-state index contributed by atoms with van der Waals surface area (Å²) in [4.78, 5) is 24.5. The van der Waals surface area contributed by atoms with E-state index in [1.807, 2.05) is 18.2 Å². The van der Waals surface area contributed by atoms with Gasteiger partial charge in [0.25, 0.3) is 0 Å². The highest BCUT2D eigenvalue weighted by atomic mass is 32.2. The first kappa shape index (κ1) is 11.0. The van der Waals surface area contributed by atoms with Crippen LogP contribution >= 0.6 is 11.8 Å². The second-order valence-electron chi connectivity index (χ2n) is 3.34. The Bertz CT molecular complexity index is 469. The van der Waals surface area contributed by atoms with Crippen molar-refractivity contribution in [3.63, 3.8) is 0 Å². The van der Waals surface area contributed by atoms with Gasteiger partial charge in [0.1, 0.15) is 5.94 Å². The van der Waals surface area contributed by atoms with Gasteiger partial charge in [0.05, 0.1) is 17.9 Å². The fraction of sp³-hybridized carbons (Fsp3) is 0.182. The molecular weight excluding hydrogens is 224 g/mol. The monoisotopic (exact) mass is 234 g/mol. The van der Waals surface area contributed by atoms with Crippen LogP contribution in [0, 0.1) is 0 Å². The van der Waals surface area contributed by atoms with Crippen molar-refractivity contribution in [1.82, 2.24) is 0 Å². The van der Waals surface area contributed by atoms with Gasteiger partial charge in [0, 0.05) is 10.6 Å². The van der Waals surface area contributed by atoms with Gasteiger partial charge in [-0.3, -0.25) is 9.69 Å². The predicted molar refractivity (Wildman–Crippen MR) is 62.9 cm³/mol. The smallest absolute Gasteiger partial charge is 0.249 e. The first-order valence-corrected chi connectivity index (χ1v) is 5.74. The quantitative estimate of drug-likeness (QED) is 0.730. The average molecular weight is 234 g/mol. The van der Waals surface area contributed by atoms with E-state index in [1.54, 1.807) is 12.0 Å². The van der Waals surface area contributed by atoms with Gasteiger partial charge in [-0.15, -0.1) is 11.8 Å². The van der Waals surface area contributed by atoms with Crippen LogP contribution in [-0.2, 0) is 9.59 Å². The third-order valence-electron chi connectivity index (χ3n) is 2.28. The van der Waals surface area contributed by atoms with Gasteiger partial charge in [-0.25, -0.2) is 4.79 Å². The standard InChI is InChI=1S/C11H10N2O2S/c12-8-7-16-10-4-2-1-3-9(10)13(5-6-14)11(8)15/h1-5,8H,7,12H2/t8-/m1/s1. The normalized spacial score (nSPS) is 19.7. The maximum absolute atomic E-state index is 11.9. The number of hydrogen-bond acceptors (Lipinski definition) is 4. The molecule has 0 saturated carbocycles. The van der Waals surface area contributed by atoms with E-state index in [2.05, 4.69) is 0 Å². The van der Waals surface area contributed by atoms with E-state index in [1.165, 1.54) is 16.7 Å². The third-order valence-corrected chi connectivity index (χ3v) is 3.46.